The van der Waals surface area contributed by atoms with Crippen molar-refractivity contribution in [2.45, 2.75) is 174 Å². The lowest BCUT2D eigenvalue weighted by Gasteiger charge is -2.15. The number of unbranched alkanes of at least 4 members (excludes halogenated alkanes) is 10. The average Bonchev–Trinajstić information content (AvgIpc) is 3.20. The first-order valence-electron chi connectivity index (χ1n) is 22.1. The molecule has 1 atom stereocenters. The van der Waals surface area contributed by atoms with E-state index in [0.717, 1.165) is 83.5 Å². The summed E-state index contributed by atoms with van der Waals surface area (Å²) in [7, 11) is 0. The maximum absolute atomic E-state index is 12.2. The van der Waals surface area contributed by atoms with Gasteiger partial charge < -0.3 is 14.6 Å². The minimum absolute atomic E-state index is 0.107. The van der Waals surface area contributed by atoms with Gasteiger partial charge in [-0.1, -0.05) is 187 Å². The lowest BCUT2D eigenvalue weighted by Crippen LogP contribution is -2.28. The number of hydrogen-bond acceptors (Lipinski definition) is 5. The molecule has 0 aliphatic rings. The Morgan fingerprint density at radius 2 is 0.750 bits per heavy atom. The van der Waals surface area contributed by atoms with Crippen LogP contribution in [0.15, 0.2) is 122 Å². The SMILES string of the molecule is CC/C=C\C/C=C\C/C=C\C/C=C\C/C=C\C/C=C\CCC(=O)OC(CO)COC(=O)CCCCCCCCCCCC/C=C\C/C=C\C/C=C\C/C=C\CC. The molecular formula is C51H80O5. The van der Waals surface area contributed by atoms with Crippen molar-refractivity contribution in [3.63, 3.8) is 0 Å². The van der Waals surface area contributed by atoms with Gasteiger partial charge in [0.05, 0.1) is 6.61 Å². The second-order valence-electron chi connectivity index (χ2n) is 14.0. The van der Waals surface area contributed by atoms with Crippen LogP contribution in [0.25, 0.3) is 0 Å². The van der Waals surface area contributed by atoms with Crippen LogP contribution in [0.3, 0.4) is 0 Å². The van der Waals surface area contributed by atoms with Crippen molar-refractivity contribution in [3.8, 4) is 0 Å². The van der Waals surface area contributed by atoms with Crippen molar-refractivity contribution in [2.75, 3.05) is 13.2 Å². The van der Waals surface area contributed by atoms with Crippen LogP contribution in [0.2, 0.25) is 0 Å². The van der Waals surface area contributed by atoms with Gasteiger partial charge in [-0.15, -0.1) is 0 Å². The van der Waals surface area contributed by atoms with Gasteiger partial charge in [0.25, 0.3) is 0 Å². The predicted molar refractivity (Wildman–Crippen MR) is 241 cm³/mol. The Morgan fingerprint density at radius 1 is 0.411 bits per heavy atom. The number of esters is 2. The number of hydrogen-bond donors (Lipinski definition) is 1. The average molecular weight is 773 g/mol. The number of aliphatic hydroxyl groups excluding tert-OH is 1. The molecule has 0 radical (unpaired) electrons. The summed E-state index contributed by atoms with van der Waals surface area (Å²) in [4.78, 5) is 24.3. The predicted octanol–water partition coefficient (Wildman–Crippen LogP) is 14.4. The maximum atomic E-state index is 12.2. The highest BCUT2D eigenvalue weighted by Crippen LogP contribution is 2.13. The highest BCUT2D eigenvalue weighted by Gasteiger charge is 2.15. The molecule has 0 heterocycles. The molecular weight excluding hydrogens is 693 g/mol. The van der Waals surface area contributed by atoms with E-state index >= 15 is 0 Å². The van der Waals surface area contributed by atoms with E-state index < -0.39 is 12.1 Å². The molecule has 0 aliphatic heterocycles. The second-order valence-corrected chi connectivity index (χ2v) is 14.0. The van der Waals surface area contributed by atoms with E-state index in [9.17, 15) is 14.7 Å². The number of ether oxygens (including phenoxy) is 2. The molecule has 56 heavy (non-hydrogen) atoms. The highest BCUT2D eigenvalue weighted by molar-refractivity contribution is 5.70. The van der Waals surface area contributed by atoms with Crippen LogP contribution >= 0.6 is 0 Å². The Morgan fingerprint density at radius 3 is 1.14 bits per heavy atom. The normalized spacial score (nSPS) is 13.4. The third-order valence-corrected chi connectivity index (χ3v) is 8.76. The van der Waals surface area contributed by atoms with Crippen molar-refractivity contribution >= 4 is 11.9 Å². The first-order valence-corrected chi connectivity index (χ1v) is 22.1. The zero-order valence-electron chi connectivity index (χ0n) is 35.6. The number of allylic oxidation sites excluding steroid dienone is 20. The zero-order chi connectivity index (χ0) is 40.7. The van der Waals surface area contributed by atoms with Gasteiger partial charge in [0.15, 0.2) is 6.10 Å². The smallest absolute Gasteiger partial charge is 0.306 e. The summed E-state index contributed by atoms with van der Waals surface area (Å²) in [5.74, 6) is -0.704. The summed E-state index contributed by atoms with van der Waals surface area (Å²) in [5.41, 5.74) is 0. The number of carbonyl (C=O) groups is 2. The monoisotopic (exact) mass is 773 g/mol. The Balaban J connectivity index is 3.68. The van der Waals surface area contributed by atoms with Crippen LogP contribution in [0.1, 0.15) is 168 Å². The van der Waals surface area contributed by atoms with Crippen LogP contribution in [-0.2, 0) is 19.1 Å². The molecule has 1 N–H and O–H groups in total. The lowest BCUT2D eigenvalue weighted by molar-refractivity contribution is -0.161. The molecule has 0 saturated carbocycles. The van der Waals surface area contributed by atoms with E-state index in [4.69, 9.17) is 9.47 Å². The quantitative estimate of drug-likeness (QED) is 0.0384. The van der Waals surface area contributed by atoms with Gasteiger partial charge in [0.1, 0.15) is 6.61 Å². The standard InChI is InChI=1S/C51H80O5/c1-3-5-7-9-11-13-15-17-19-21-23-24-25-26-28-29-31-33-35-37-39-41-43-45-50(53)55-48-49(47-52)56-51(54)46-44-42-40-38-36-34-32-30-27-22-20-18-16-14-12-10-8-6-4-2/h5-8,11-14,17-20,23-24,27,30,34,36,40,42,49,52H,3-4,9-10,15-16,21-22,25-26,28-29,31-33,35,37-39,41,43-48H2,1-2H3/b7-5-,8-6-,13-11-,14-12-,19-17-,20-18-,24-23-,30-27-,36-34-,42-40-. The zero-order valence-corrected chi connectivity index (χ0v) is 35.6. The number of aliphatic hydroxyl groups is 1. The van der Waals surface area contributed by atoms with E-state index in [0.29, 0.717) is 12.8 Å². The van der Waals surface area contributed by atoms with E-state index in [2.05, 4.69) is 123 Å². The fraction of sp³-hybridized carbons (Fsp3) is 0.569. The lowest BCUT2D eigenvalue weighted by atomic mass is 10.1. The Hall–Kier alpha value is -3.70. The van der Waals surface area contributed by atoms with Crippen molar-refractivity contribution in [3.05, 3.63) is 122 Å². The van der Waals surface area contributed by atoms with Gasteiger partial charge in [-0.2, -0.15) is 0 Å². The van der Waals surface area contributed by atoms with Crippen LogP contribution in [-0.4, -0.2) is 36.4 Å². The third-order valence-electron chi connectivity index (χ3n) is 8.76. The Bertz CT molecular complexity index is 1190. The fourth-order valence-electron chi connectivity index (χ4n) is 5.51. The molecule has 0 aliphatic carbocycles. The molecule has 0 spiro atoms. The Labute approximate surface area is 343 Å². The molecule has 0 amide bonds. The summed E-state index contributed by atoms with van der Waals surface area (Å²) in [6.07, 6.45) is 67.1. The molecule has 5 heteroatoms. The van der Waals surface area contributed by atoms with Gasteiger partial charge in [0, 0.05) is 12.8 Å². The third kappa shape index (κ3) is 43.0. The van der Waals surface area contributed by atoms with Gasteiger partial charge in [0.2, 0.25) is 0 Å². The van der Waals surface area contributed by atoms with Gasteiger partial charge in [-0.3, -0.25) is 9.59 Å². The fourth-order valence-corrected chi connectivity index (χ4v) is 5.51. The maximum Gasteiger partial charge on any atom is 0.306 e. The van der Waals surface area contributed by atoms with E-state index in [1.165, 1.54) is 51.4 Å². The van der Waals surface area contributed by atoms with Crippen molar-refractivity contribution in [1.82, 2.24) is 0 Å². The molecule has 0 saturated heterocycles. The van der Waals surface area contributed by atoms with Crippen LogP contribution in [0.4, 0.5) is 0 Å². The largest absolute Gasteiger partial charge is 0.462 e. The minimum atomic E-state index is -0.823. The molecule has 5 nitrogen and oxygen atoms in total. The molecule has 0 bridgehead atoms. The highest BCUT2D eigenvalue weighted by atomic mass is 16.6. The van der Waals surface area contributed by atoms with Crippen LogP contribution in [0, 0.1) is 0 Å². The summed E-state index contributed by atoms with van der Waals surface area (Å²) < 4.78 is 10.6. The first kappa shape index (κ1) is 52.3. The summed E-state index contributed by atoms with van der Waals surface area (Å²) in [6, 6.07) is 0. The molecule has 0 fully saturated rings. The molecule has 1 unspecified atom stereocenters. The van der Waals surface area contributed by atoms with Crippen molar-refractivity contribution in [1.29, 1.82) is 0 Å². The molecule has 0 aromatic heterocycles. The van der Waals surface area contributed by atoms with Crippen molar-refractivity contribution in [2.24, 2.45) is 0 Å². The van der Waals surface area contributed by atoms with Gasteiger partial charge >= 0.3 is 11.9 Å². The topological polar surface area (TPSA) is 72.8 Å². The molecule has 314 valence electrons. The molecule has 0 aromatic rings. The van der Waals surface area contributed by atoms with E-state index in [1.54, 1.807) is 0 Å². The van der Waals surface area contributed by atoms with Gasteiger partial charge in [-0.25, -0.2) is 0 Å². The number of rotatable bonds is 38. The van der Waals surface area contributed by atoms with E-state index in [1.807, 2.05) is 12.2 Å². The minimum Gasteiger partial charge on any atom is -0.462 e. The number of carbonyl (C=O) groups excluding carboxylic acids is 2. The van der Waals surface area contributed by atoms with Crippen molar-refractivity contribution < 1.29 is 24.2 Å². The summed E-state index contributed by atoms with van der Waals surface area (Å²) >= 11 is 0. The van der Waals surface area contributed by atoms with Gasteiger partial charge in [-0.05, 0) is 89.9 Å². The van der Waals surface area contributed by atoms with Crippen LogP contribution < -0.4 is 0 Å². The second kappa shape index (κ2) is 45.7. The molecule has 0 aromatic carbocycles. The summed E-state index contributed by atoms with van der Waals surface area (Å²) in [6.45, 7) is 3.83. The molecule has 0 rings (SSSR count). The Kier molecular flexibility index (Phi) is 42.7. The first-order chi connectivity index (χ1) is 27.6. The van der Waals surface area contributed by atoms with Crippen LogP contribution in [0.5, 0.6) is 0 Å². The summed E-state index contributed by atoms with van der Waals surface area (Å²) in [5, 5.41) is 9.58. The van der Waals surface area contributed by atoms with E-state index in [-0.39, 0.29) is 25.6 Å².